The maximum absolute atomic E-state index is 2.54. The maximum Gasteiger partial charge on any atom is -0.0386 e. The van der Waals surface area contributed by atoms with Crippen molar-refractivity contribution in [1.29, 1.82) is 0 Å². The molecule has 0 fully saturated rings. The molecule has 0 aliphatic rings. The molecule has 0 N–H and O–H groups in total. The van der Waals surface area contributed by atoms with Gasteiger partial charge in [0.2, 0.25) is 0 Å². The van der Waals surface area contributed by atoms with Crippen LogP contribution in [0.5, 0.6) is 0 Å². The molecule has 0 saturated carbocycles. The van der Waals surface area contributed by atoms with Gasteiger partial charge in [0.05, 0.1) is 0 Å². The molecule has 0 aliphatic carbocycles. The fourth-order valence-electron chi connectivity index (χ4n) is 5.75. The average molecular weight is 641 g/mol. The highest BCUT2D eigenvalue weighted by molar-refractivity contribution is 4.83. The molecule has 45 heavy (non-hydrogen) atoms. The van der Waals surface area contributed by atoms with Crippen molar-refractivity contribution in [2.45, 2.75) is 199 Å². The zero-order valence-corrected chi connectivity index (χ0v) is 37.4. The van der Waals surface area contributed by atoms with Gasteiger partial charge < -0.3 is 0 Å². The molecule has 0 spiro atoms. The standard InChI is InChI=1S/C29H60.4C4H10/c1-15-18(3)22(7)20(5)17-21(6)24(9)26(11)28(13)29(14)27(12)25(10)23(8)19(4)16-2;4*1-4(2)3/h18-29H,15-17H2,1-14H3;4*4H,1-3H3. The Morgan fingerprint density at radius 2 is 0.378 bits per heavy atom. The van der Waals surface area contributed by atoms with Crippen molar-refractivity contribution in [1.82, 2.24) is 0 Å². The van der Waals surface area contributed by atoms with Gasteiger partial charge in [0.1, 0.15) is 0 Å². The topological polar surface area (TPSA) is 0 Å². The lowest BCUT2D eigenvalue weighted by atomic mass is 9.65. The summed E-state index contributed by atoms with van der Waals surface area (Å²) in [7, 11) is 0. The summed E-state index contributed by atoms with van der Waals surface area (Å²) in [5.74, 6) is 13.1. The first-order valence-corrected chi connectivity index (χ1v) is 20.2. The van der Waals surface area contributed by atoms with Crippen molar-refractivity contribution in [2.24, 2.45) is 94.7 Å². The first kappa shape index (κ1) is 54.5. The summed E-state index contributed by atoms with van der Waals surface area (Å²) in [5, 5.41) is 0. The SMILES string of the molecule is CC(C)C.CC(C)C.CC(C)C.CC(C)C.CCC(C)C(C)C(C)CC(C)C(C)C(C)C(C)C(C)C(C)C(C)C(C)C(C)CC. The molecule has 0 radical (unpaired) electrons. The second-order valence-corrected chi connectivity index (χ2v) is 18.8. The highest BCUT2D eigenvalue weighted by Gasteiger charge is 2.34. The first-order valence-electron chi connectivity index (χ1n) is 20.2. The van der Waals surface area contributed by atoms with Crippen molar-refractivity contribution in [3.05, 3.63) is 0 Å². The van der Waals surface area contributed by atoms with Crippen molar-refractivity contribution in [2.75, 3.05) is 0 Å². The van der Waals surface area contributed by atoms with E-state index < -0.39 is 0 Å². The van der Waals surface area contributed by atoms with Gasteiger partial charge in [-0.15, -0.1) is 0 Å². The smallest absolute Gasteiger partial charge is 0.0386 e. The molecule has 0 heterocycles. The Labute approximate surface area is 293 Å². The summed E-state index contributed by atoms with van der Waals surface area (Å²) in [6, 6.07) is 0. The van der Waals surface area contributed by atoms with Crippen LogP contribution in [0.4, 0.5) is 0 Å². The van der Waals surface area contributed by atoms with Gasteiger partial charge in [-0.2, -0.15) is 0 Å². The monoisotopic (exact) mass is 641 g/mol. The summed E-state index contributed by atoms with van der Waals surface area (Å²) in [5.41, 5.74) is 0. The molecule has 0 nitrogen and oxygen atoms in total. The van der Waals surface area contributed by atoms with Crippen LogP contribution in [-0.2, 0) is 0 Å². The largest absolute Gasteiger partial charge is 0.0651 e. The lowest BCUT2D eigenvalue weighted by Gasteiger charge is -2.40. The van der Waals surface area contributed by atoms with Gasteiger partial charge >= 0.3 is 0 Å². The molecule has 12 unspecified atom stereocenters. The van der Waals surface area contributed by atoms with Crippen molar-refractivity contribution in [3.63, 3.8) is 0 Å². The van der Waals surface area contributed by atoms with E-state index in [0.717, 1.165) is 94.7 Å². The second kappa shape index (κ2) is 31.3. The minimum atomic E-state index is 0.788. The van der Waals surface area contributed by atoms with Crippen LogP contribution in [0.25, 0.3) is 0 Å². The average Bonchev–Trinajstić information content (AvgIpc) is 2.91. The molecule has 12 atom stereocenters. The van der Waals surface area contributed by atoms with Crippen molar-refractivity contribution < 1.29 is 0 Å². The molecule has 0 amide bonds. The Balaban J connectivity index is -0.000000272. The third kappa shape index (κ3) is 33.7. The molecule has 280 valence electrons. The van der Waals surface area contributed by atoms with Crippen LogP contribution in [0, 0.1) is 94.7 Å². The highest BCUT2D eigenvalue weighted by Crippen LogP contribution is 2.41. The van der Waals surface area contributed by atoms with Crippen molar-refractivity contribution in [3.8, 4) is 0 Å². The summed E-state index contributed by atoms with van der Waals surface area (Å²) < 4.78 is 0. The molecule has 0 aromatic rings. The number of hydrogen-bond donors (Lipinski definition) is 0. The Morgan fingerprint density at radius 1 is 0.222 bits per heavy atom. The van der Waals surface area contributed by atoms with Crippen LogP contribution in [0.15, 0.2) is 0 Å². The summed E-state index contributed by atoms with van der Waals surface area (Å²) in [4.78, 5) is 0. The summed E-state index contributed by atoms with van der Waals surface area (Å²) >= 11 is 0. The van der Waals surface area contributed by atoms with Gasteiger partial charge in [-0.1, -0.05) is 193 Å². The van der Waals surface area contributed by atoms with Gasteiger partial charge in [-0.05, 0) is 101 Å². The zero-order valence-electron chi connectivity index (χ0n) is 37.4. The van der Waals surface area contributed by atoms with Gasteiger partial charge in [0.25, 0.3) is 0 Å². The van der Waals surface area contributed by atoms with E-state index in [2.05, 4.69) is 180 Å². The third-order valence-corrected chi connectivity index (χ3v) is 10.6. The minimum Gasteiger partial charge on any atom is -0.0651 e. The quantitative estimate of drug-likeness (QED) is 0.177. The van der Waals surface area contributed by atoms with Crippen LogP contribution in [0.1, 0.15) is 199 Å². The predicted octanol–water partition coefficient (Wildman–Crippen LogP) is 16.5. The highest BCUT2D eigenvalue weighted by atomic mass is 14.4. The normalized spacial score (nSPS) is 19.3. The van der Waals surface area contributed by atoms with Gasteiger partial charge in [-0.3, -0.25) is 0 Å². The van der Waals surface area contributed by atoms with E-state index in [-0.39, 0.29) is 0 Å². The lowest BCUT2D eigenvalue weighted by molar-refractivity contribution is 0.0834. The summed E-state index contributed by atoms with van der Waals surface area (Å²) in [6.07, 6.45) is 4.00. The van der Waals surface area contributed by atoms with E-state index in [1.165, 1.54) is 19.3 Å². The number of rotatable bonds is 14. The van der Waals surface area contributed by atoms with Gasteiger partial charge in [0.15, 0.2) is 0 Å². The van der Waals surface area contributed by atoms with Gasteiger partial charge in [0, 0.05) is 0 Å². The second-order valence-electron chi connectivity index (χ2n) is 18.8. The minimum absolute atomic E-state index is 0.788. The van der Waals surface area contributed by atoms with Crippen LogP contribution in [0.2, 0.25) is 0 Å². The van der Waals surface area contributed by atoms with E-state index in [0.29, 0.717) is 0 Å². The van der Waals surface area contributed by atoms with Crippen LogP contribution in [0.3, 0.4) is 0 Å². The Kier molecular flexibility index (Phi) is 37.8. The van der Waals surface area contributed by atoms with E-state index in [4.69, 9.17) is 0 Å². The van der Waals surface area contributed by atoms with Crippen LogP contribution >= 0.6 is 0 Å². The molecule has 0 aromatic carbocycles. The van der Waals surface area contributed by atoms with Gasteiger partial charge in [-0.25, -0.2) is 0 Å². The van der Waals surface area contributed by atoms with Crippen LogP contribution in [-0.4, -0.2) is 0 Å². The molecular formula is C45H100. The van der Waals surface area contributed by atoms with E-state index in [1.807, 2.05) is 0 Å². The summed E-state index contributed by atoms with van der Waals surface area (Å²) in [6.45, 7) is 60.8. The zero-order chi connectivity index (χ0) is 37.4. The molecule has 0 rings (SSSR count). The third-order valence-electron chi connectivity index (χ3n) is 10.6. The molecule has 0 saturated heterocycles. The van der Waals surface area contributed by atoms with Crippen molar-refractivity contribution >= 4 is 0 Å². The Hall–Kier alpha value is 0. The van der Waals surface area contributed by atoms with Crippen LogP contribution < -0.4 is 0 Å². The fraction of sp³-hybridized carbons (Fsp3) is 1.00. The fourth-order valence-corrected chi connectivity index (χ4v) is 5.75. The molecule has 0 aromatic heterocycles. The Bertz CT molecular complexity index is 536. The lowest BCUT2D eigenvalue weighted by Crippen LogP contribution is -2.34. The first-order chi connectivity index (χ1) is 20.2. The Morgan fingerprint density at radius 3 is 0.600 bits per heavy atom. The molecule has 0 aliphatic heterocycles. The molecular weight excluding hydrogens is 540 g/mol. The maximum atomic E-state index is 2.54. The predicted molar refractivity (Wildman–Crippen MR) is 217 cm³/mol. The number of hydrogen-bond acceptors (Lipinski definition) is 0. The molecule has 0 bridgehead atoms. The van der Waals surface area contributed by atoms with E-state index in [1.54, 1.807) is 0 Å². The van der Waals surface area contributed by atoms with E-state index >= 15 is 0 Å². The molecule has 0 heteroatoms. The van der Waals surface area contributed by atoms with E-state index in [9.17, 15) is 0 Å².